The molecule has 8 heteroatoms. The number of hydrogen-bond donors (Lipinski definition) is 1. The molecule has 0 bridgehead atoms. The molecule has 1 aliphatic rings. The number of anilines is 1. The first-order chi connectivity index (χ1) is 14.9. The SMILES string of the molecule is CC(C)(C)N1CCN(c2ncc(C(Cc3ccc(F)cc3)N[S+]([O-])C(C)(C)C)cn2)CC1. The highest BCUT2D eigenvalue weighted by atomic mass is 32.2. The van der Waals surface area contributed by atoms with E-state index in [2.05, 4.69) is 45.3 Å². The Hall–Kier alpha value is -1.74. The van der Waals surface area contributed by atoms with Gasteiger partial charge in [-0.25, -0.2) is 14.4 Å². The highest BCUT2D eigenvalue weighted by molar-refractivity contribution is 7.90. The lowest BCUT2D eigenvalue weighted by Crippen LogP contribution is -2.53. The van der Waals surface area contributed by atoms with Crippen LogP contribution in [0.2, 0.25) is 0 Å². The Kier molecular flexibility index (Phi) is 7.81. The van der Waals surface area contributed by atoms with Gasteiger partial charge in [-0.1, -0.05) is 12.1 Å². The van der Waals surface area contributed by atoms with Gasteiger partial charge in [0, 0.05) is 61.0 Å². The Balaban J connectivity index is 1.74. The van der Waals surface area contributed by atoms with Crippen LogP contribution in [0.25, 0.3) is 0 Å². The fraction of sp³-hybridized carbons (Fsp3) is 0.583. The average Bonchev–Trinajstić information content (AvgIpc) is 2.74. The third-order valence-corrected chi connectivity index (χ3v) is 7.34. The molecule has 2 heterocycles. The average molecular weight is 462 g/mol. The molecule has 2 unspecified atom stereocenters. The molecule has 6 nitrogen and oxygen atoms in total. The second kappa shape index (κ2) is 10.0. The number of piperazine rings is 1. The molecule has 0 radical (unpaired) electrons. The summed E-state index contributed by atoms with van der Waals surface area (Å²) < 4.78 is 29.0. The van der Waals surface area contributed by atoms with Crippen molar-refractivity contribution in [1.82, 2.24) is 19.6 Å². The summed E-state index contributed by atoms with van der Waals surface area (Å²) in [6.45, 7) is 16.3. The van der Waals surface area contributed by atoms with Crippen LogP contribution in [0.15, 0.2) is 36.7 Å². The summed E-state index contributed by atoms with van der Waals surface area (Å²) in [5.41, 5.74) is 1.99. The molecule has 2 atom stereocenters. The van der Waals surface area contributed by atoms with Gasteiger partial charge in [-0.2, -0.15) is 0 Å². The minimum atomic E-state index is -1.26. The molecule has 1 aromatic carbocycles. The van der Waals surface area contributed by atoms with Gasteiger partial charge >= 0.3 is 0 Å². The van der Waals surface area contributed by atoms with E-state index < -0.39 is 16.1 Å². The number of hydrogen-bond acceptors (Lipinski definition) is 6. The Morgan fingerprint density at radius 2 is 1.56 bits per heavy atom. The van der Waals surface area contributed by atoms with Gasteiger partial charge in [0.2, 0.25) is 5.95 Å². The van der Waals surface area contributed by atoms with Crippen molar-refractivity contribution < 1.29 is 8.94 Å². The standard InChI is InChI=1S/C24H36FN5OS/c1-23(2,3)30-13-11-29(12-14-30)22-26-16-19(17-27-22)21(28-32(31)24(4,5)6)15-18-7-9-20(25)10-8-18/h7-10,16-17,21,28H,11-15H2,1-6H3. The molecule has 1 fully saturated rings. The van der Waals surface area contributed by atoms with E-state index in [4.69, 9.17) is 0 Å². The zero-order valence-electron chi connectivity index (χ0n) is 20.1. The van der Waals surface area contributed by atoms with E-state index in [1.807, 2.05) is 33.2 Å². The van der Waals surface area contributed by atoms with Crippen LogP contribution in [0.3, 0.4) is 0 Å². The third-order valence-electron chi connectivity index (χ3n) is 5.73. The van der Waals surface area contributed by atoms with Crippen molar-refractivity contribution in [3.8, 4) is 0 Å². The lowest BCUT2D eigenvalue weighted by atomic mass is 10.0. The molecular formula is C24H36FN5OS. The molecule has 176 valence electrons. The van der Waals surface area contributed by atoms with Crippen molar-refractivity contribution >= 4 is 17.3 Å². The van der Waals surface area contributed by atoms with Gasteiger partial charge in [0.15, 0.2) is 0 Å². The first-order valence-electron chi connectivity index (χ1n) is 11.2. The largest absolute Gasteiger partial charge is 0.598 e. The predicted octanol–water partition coefficient (Wildman–Crippen LogP) is 3.87. The first kappa shape index (κ1) is 24.9. The Morgan fingerprint density at radius 3 is 2.06 bits per heavy atom. The highest BCUT2D eigenvalue weighted by Gasteiger charge is 2.31. The van der Waals surface area contributed by atoms with E-state index in [-0.39, 0.29) is 17.4 Å². The van der Waals surface area contributed by atoms with Crippen LogP contribution in [-0.2, 0) is 17.8 Å². The fourth-order valence-electron chi connectivity index (χ4n) is 3.64. The number of halogens is 1. The minimum absolute atomic E-state index is 0.165. The molecule has 1 N–H and O–H groups in total. The molecule has 1 saturated heterocycles. The molecular weight excluding hydrogens is 425 g/mol. The smallest absolute Gasteiger partial charge is 0.225 e. The monoisotopic (exact) mass is 461 g/mol. The van der Waals surface area contributed by atoms with Gasteiger partial charge in [-0.05, 0) is 65.7 Å². The summed E-state index contributed by atoms with van der Waals surface area (Å²) in [5.74, 6) is 0.454. The van der Waals surface area contributed by atoms with Crippen LogP contribution in [0, 0.1) is 5.82 Å². The second-order valence-electron chi connectivity index (χ2n) is 10.3. The van der Waals surface area contributed by atoms with E-state index in [1.54, 1.807) is 12.1 Å². The van der Waals surface area contributed by atoms with Crippen molar-refractivity contribution in [2.24, 2.45) is 0 Å². The molecule has 0 spiro atoms. The molecule has 1 aromatic heterocycles. The Morgan fingerprint density at radius 1 is 1.00 bits per heavy atom. The maximum absolute atomic E-state index is 13.3. The molecule has 0 amide bonds. The predicted molar refractivity (Wildman–Crippen MR) is 129 cm³/mol. The first-order valence-corrected chi connectivity index (χ1v) is 12.3. The normalized spacial score (nSPS) is 17.9. The van der Waals surface area contributed by atoms with E-state index in [9.17, 15) is 8.94 Å². The van der Waals surface area contributed by atoms with Crippen molar-refractivity contribution in [3.63, 3.8) is 0 Å². The zero-order chi connectivity index (χ0) is 23.5. The van der Waals surface area contributed by atoms with Crippen molar-refractivity contribution in [1.29, 1.82) is 0 Å². The van der Waals surface area contributed by atoms with Gasteiger partial charge in [0.25, 0.3) is 0 Å². The molecule has 1 aliphatic heterocycles. The Bertz CT molecular complexity index is 856. The van der Waals surface area contributed by atoms with Crippen molar-refractivity contribution in [3.05, 3.63) is 53.6 Å². The van der Waals surface area contributed by atoms with Crippen LogP contribution in [0.1, 0.15) is 58.7 Å². The van der Waals surface area contributed by atoms with E-state index >= 15 is 0 Å². The number of rotatable bonds is 6. The van der Waals surface area contributed by atoms with Crippen LogP contribution in [0.5, 0.6) is 0 Å². The minimum Gasteiger partial charge on any atom is -0.598 e. The Labute approximate surface area is 194 Å². The quantitative estimate of drug-likeness (QED) is 0.659. The molecule has 3 rings (SSSR count). The van der Waals surface area contributed by atoms with Crippen LogP contribution < -0.4 is 9.62 Å². The van der Waals surface area contributed by atoms with Gasteiger partial charge < -0.3 is 9.45 Å². The van der Waals surface area contributed by atoms with Gasteiger partial charge in [0.1, 0.15) is 10.6 Å². The third kappa shape index (κ3) is 6.63. The van der Waals surface area contributed by atoms with Gasteiger partial charge in [-0.15, -0.1) is 4.72 Å². The molecule has 2 aromatic rings. The summed E-state index contributed by atoms with van der Waals surface area (Å²) in [7, 11) is 0. The molecule has 0 saturated carbocycles. The lowest BCUT2D eigenvalue weighted by molar-refractivity contribution is 0.128. The maximum atomic E-state index is 13.3. The van der Waals surface area contributed by atoms with Gasteiger partial charge in [-0.3, -0.25) is 4.90 Å². The number of benzene rings is 1. The van der Waals surface area contributed by atoms with Crippen molar-refractivity contribution in [2.45, 2.75) is 64.3 Å². The highest BCUT2D eigenvalue weighted by Crippen LogP contribution is 2.24. The summed E-state index contributed by atoms with van der Waals surface area (Å²) in [6.07, 6.45) is 4.20. The maximum Gasteiger partial charge on any atom is 0.225 e. The van der Waals surface area contributed by atoms with E-state index in [0.29, 0.717) is 6.42 Å². The summed E-state index contributed by atoms with van der Waals surface area (Å²) in [5, 5.41) is 0. The zero-order valence-corrected chi connectivity index (χ0v) is 20.9. The molecule has 0 aliphatic carbocycles. The van der Waals surface area contributed by atoms with Crippen LogP contribution in [0.4, 0.5) is 10.3 Å². The summed E-state index contributed by atoms with van der Waals surface area (Å²) in [6, 6.07) is 6.17. The topological polar surface area (TPSA) is 67.3 Å². The summed E-state index contributed by atoms with van der Waals surface area (Å²) >= 11 is -1.26. The fourth-order valence-corrected chi connectivity index (χ4v) is 4.47. The van der Waals surface area contributed by atoms with Gasteiger partial charge in [0.05, 0.1) is 6.04 Å². The number of nitrogens with one attached hydrogen (secondary N) is 1. The van der Waals surface area contributed by atoms with Crippen LogP contribution in [-0.4, -0.2) is 55.9 Å². The number of aromatic nitrogens is 2. The number of nitrogens with zero attached hydrogens (tertiary/aromatic N) is 4. The summed E-state index contributed by atoms with van der Waals surface area (Å²) in [4.78, 5) is 14.0. The van der Waals surface area contributed by atoms with Crippen LogP contribution >= 0.6 is 0 Å². The molecule has 32 heavy (non-hydrogen) atoms. The second-order valence-corrected chi connectivity index (χ2v) is 12.3. The lowest BCUT2D eigenvalue weighted by Gasteiger charge is -2.42. The van der Waals surface area contributed by atoms with E-state index in [0.717, 1.165) is 43.3 Å². The van der Waals surface area contributed by atoms with E-state index in [1.165, 1.54) is 12.1 Å². The van der Waals surface area contributed by atoms with Crippen molar-refractivity contribution in [2.75, 3.05) is 31.1 Å².